The van der Waals surface area contributed by atoms with Crippen molar-refractivity contribution in [3.8, 4) is 12.3 Å². The van der Waals surface area contributed by atoms with E-state index in [2.05, 4.69) is 31.8 Å². The number of nitrogens with one attached hydrogen (secondary N) is 1. The van der Waals surface area contributed by atoms with E-state index >= 15 is 0 Å². The van der Waals surface area contributed by atoms with E-state index in [1.807, 2.05) is 24.3 Å². The number of terminal acetylenes is 1. The number of aryl methyl sites for hydroxylation is 3. The van der Waals surface area contributed by atoms with E-state index in [9.17, 15) is 14.2 Å². The van der Waals surface area contributed by atoms with Gasteiger partial charge in [0.2, 0.25) is 0 Å². The van der Waals surface area contributed by atoms with Crippen LogP contribution in [0, 0.1) is 12.3 Å². The van der Waals surface area contributed by atoms with E-state index in [0.717, 1.165) is 14.6 Å². The van der Waals surface area contributed by atoms with Crippen LogP contribution in [0.3, 0.4) is 0 Å². The van der Waals surface area contributed by atoms with Gasteiger partial charge in [-0.1, -0.05) is 52.9 Å². The van der Waals surface area contributed by atoms with Crippen LogP contribution in [0.5, 0.6) is 0 Å². The molecule has 0 bridgehead atoms. The van der Waals surface area contributed by atoms with Crippen LogP contribution in [0.4, 0.5) is 0 Å². The number of hydrogen-bond donors (Lipinski definition) is 3. The Hall–Kier alpha value is -2.44. The third kappa shape index (κ3) is 6.55. The Morgan fingerprint density at radius 2 is 1.82 bits per heavy atom. The third-order valence-corrected chi connectivity index (χ3v) is 7.00. The molecule has 0 aliphatic heterocycles. The zero-order valence-corrected chi connectivity index (χ0v) is 20.5. The number of aromatic nitrogens is 4. The molecule has 0 aliphatic carbocycles. The van der Waals surface area contributed by atoms with Gasteiger partial charge in [-0.2, -0.15) is 0 Å². The molecular weight excluding hydrogens is 511 g/mol. The van der Waals surface area contributed by atoms with Crippen LogP contribution in [-0.4, -0.2) is 35.1 Å². The van der Waals surface area contributed by atoms with Gasteiger partial charge in [0.05, 0.1) is 6.54 Å². The van der Waals surface area contributed by atoms with Gasteiger partial charge in [-0.15, -0.1) is 6.42 Å². The average molecular weight is 537 g/mol. The lowest BCUT2D eigenvalue weighted by Crippen LogP contribution is -2.40. The minimum absolute atomic E-state index is 0.138. The molecule has 2 aromatic heterocycles. The van der Waals surface area contributed by atoms with Crippen molar-refractivity contribution >= 4 is 34.7 Å². The maximum Gasteiger partial charge on any atom is 0.333 e. The minimum Gasteiger partial charge on any atom is -0.336 e. The van der Waals surface area contributed by atoms with Gasteiger partial charge in [0, 0.05) is 23.6 Å². The first-order chi connectivity index (χ1) is 15.7. The minimum atomic E-state index is -3.99. The summed E-state index contributed by atoms with van der Waals surface area (Å²) in [5.41, 5.74) is 0.648. The molecule has 1 aromatic carbocycles. The predicted molar refractivity (Wildman–Crippen MR) is 130 cm³/mol. The molecule has 9 nitrogen and oxygen atoms in total. The number of benzene rings is 1. The van der Waals surface area contributed by atoms with E-state index in [1.54, 1.807) is 0 Å². The van der Waals surface area contributed by atoms with Gasteiger partial charge in [0.1, 0.15) is 11.3 Å². The first-order valence-electron chi connectivity index (χ1n) is 10.6. The topological polar surface area (TPSA) is 130 Å². The highest BCUT2D eigenvalue weighted by atomic mass is 79.9. The quantitative estimate of drug-likeness (QED) is 0.196. The molecule has 3 rings (SSSR count). The molecule has 0 spiro atoms. The van der Waals surface area contributed by atoms with Crippen molar-refractivity contribution in [3.63, 3.8) is 0 Å². The number of hydrogen-bond acceptors (Lipinski definition) is 4. The maximum atomic E-state index is 12.9. The second-order valence-electron chi connectivity index (χ2n) is 7.81. The summed E-state index contributed by atoms with van der Waals surface area (Å²) < 4.78 is 14.4. The molecule has 33 heavy (non-hydrogen) atoms. The van der Waals surface area contributed by atoms with Gasteiger partial charge in [-0.3, -0.25) is 13.9 Å². The van der Waals surface area contributed by atoms with Gasteiger partial charge in [-0.05, 0) is 30.9 Å². The van der Waals surface area contributed by atoms with Gasteiger partial charge < -0.3 is 14.8 Å². The summed E-state index contributed by atoms with van der Waals surface area (Å²) >= 11 is 3.53. The molecule has 11 heteroatoms. The van der Waals surface area contributed by atoms with Gasteiger partial charge in [-0.25, -0.2) is 14.3 Å². The molecule has 0 amide bonds. The SMILES string of the molecule is C#CCn1c(=O)c2[nH]c(CCc3ccccc3Br)nc2n(CCCCCCP(=O)(O)O)c1=O. The summed E-state index contributed by atoms with van der Waals surface area (Å²) in [7, 11) is -3.99. The second-order valence-corrected chi connectivity index (χ2v) is 10.4. The molecule has 0 unspecified atom stereocenters. The number of aromatic amines is 1. The van der Waals surface area contributed by atoms with E-state index in [4.69, 9.17) is 16.2 Å². The molecule has 0 atom stereocenters. The molecule has 2 heterocycles. The lowest BCUT2D eigenvalue weighted by molar-refractivity contribution is 0.370. The van der Waals surface area contributed by atoms with Crippen molar-refractivity contribution < 1.29 is 14.4 Å². The number of unbranched alkanes of at least 4 members (excludes halogenated alkanes) is 3. The van der Waals surface area contributed by atoms with E-state index in [1.165, 1.54) is 4.57 Å². The Kier molecular flexibility index (Phi) is 8.49. The van der Waals surface area contributed by atoms with Crippen LogP contribution in [0.15, 0.2) is 38.3 Å². The molecule has 0 saturated carbocycles. The predicted octanol–water partition coefficient (Wildman–Crippen LogP) is 2.81. The summed E-state index contributed by atoms with van der Waals surface area (Å²) in [4.78, 5) is 51.3. The summed E-state index contributed by atoms with van der Waals surface area (Å²) in [5, 5.41) is 0. The highest BCUT2D eigenvalue weighted by Gasteiger charge is 2.17. The van der Waals surface area contributed by atoms with Crippen LogP contribution < -0.4 is 11.2 Å². The standard InChI is InChI=1S/C22H26BrN4O5P/c1-2-13-27-21(28)19-20(25-18(24-19)12-11-16-9-5-6-10-17(16)23)26(22(27)29)14-7-3-4-8-15-33(30,31)32/h1,5-6,9-10H,3-4,7-8,11-15H2,(H,24,25)(H2,30,31,32). The average Bonchev–Trinajstić information content (AvgIpc) is 3.18. The van der Waals surface area contributed by atoms with Crippen molar-refractivity contribution in [2.75, 3.05) is 6.16 Å². The number of rotatable bonds is 11. The molecule has 0 aliphatic rings. The smallest absolute Gasteiger partial charge is 0.333 e. The zero-order chi connectivity index (χ0) is 24.0. The van der Waals surface area contributed by atoms with Crippen molar-refractivity contribution in [1.29, 1.82) is 0 Å². The number of imidazole rings is 1. The molecule has 0 radical (unpaired) electrons. The molecule has 3 N–H and O–H groups in total. The van der Waals surface area contributed by atoms with Crippen LogP contribution in [0.1, 0.15) is 37.1 Å². The monoisotopic (exact) mass is 536 g/mol. The van der Waals surface area contributed by atoms with Crippen molar-refractivity contribution in [2.45, 2.75) is 51.6 Å². The fourth-order valence-electron chi connectivity index (χ4n) is 3.66. The summed E-state index contributed by atoms with van der Waals surface area (Å²) in [6.07, 6.45) is 8.79. The van der Waals surface area contributed by atoms with Gasteiger partial charge in [0.25, 0.3) is 5.56 Å². The van der Waals surface area contributed by atoms with Crippen LogP contribution in [-0.2, 0) is 30.5 Å². The molecule has 3 aromatic rings. The van der Waals surface area contributed by atoms with E-state index < -0.39 is 18.8 Å². The highest BCUT2D eigenvalue weighted by Crippen LogP contribution is 2.35. The Labute approximate surface area is 199 Å². The molecule has 176 valence electrons. The molecule has 0 fully saturated rings. The largest absolute Gasteiger partial charge is 0.336 e. The van der Waals surface area contributed by atoms with E-state index in [0.29, 0.717) is 56.5 Å². The normalized spacial score (nSPS) is 11.7. The van der Waals surface area contributed by atoms with Crippen molar-refractivity contribution in [3.05, 3.63) is 61.0 Å². The van der Waals surface area contributed by atoms with Gasteiger partial charge in [0.15, 0.2) is 5.65 Å². The number of halogens is 1. The zero-order valence-electron chi connectivity index (χ0n) is 18.0. The van der Waals surface area contributed by atoms with Crippen LogP contribution in [0.25, 0.3) is 11.2 Å². The van der Waals surface area contributed by atoms with Crippen LogP contribution >= 0.6 is 23.5 Å². The lowest BCUT2D eigenvalue weighted by Gasteiger charge is -2.10. The Morgan fingerprint density at radius 3 is 2.52 bits per heavy atom. The number of fused-ring (bicyclic) bond motifs is 1. The lowest BCUT2D eigenvalue weighted by atomic mass is 10.1. The highest BCUT2D eigenvalue weighted by molar-refractivity contribution is 9.10. The Bertz CT molecular complexity index is 1330. The summed E-state index contributed by atoms with van der Waals surface area (Å²) in [6, 6.07) is 7.86. The summed E-state index contributed by atoms with van der Waals surface area (Å²) in [6.45, 7) is 0.186. The number of nitrogens with zero attached hydrogens (tertiary/aromatic N) is 3. The second kappa shape index (κ2) is 11.1. The first kappa shape index (κ1) is 25.2. The van der Waals surface area contributed by atoms with Crippen molar-refractivity contribution in [2.24, 2.45) is 0 Å². The fourth-order valence-corrected chi connectivity index (χ4v) is 4.78. The Morgan fingerprint density at radius 1 is 1.09 bits per heavy atom. The maximum absolute atomic E-state index is 12.9. The third-order valence-electron chi connectivity index (χ3n) is 5.33. The van der Waals surface area contributed by atoms with Gasteiger partial charge >= 0.3 is 13.3 Å². The first-order valence-corrected chi connectivity index (χ1v) is 13.2. The van der Waals surface area contributed by atoms with Crippen LogP contribution in [0.2, 0.25) is 0 Å². The summed E-state index contributed by atoms with van der Waals surface area (Å²) in [5.74, 6) is 2.95. The fraction of sp³-hybridized carbons (Fsp3) is 0.409. The Balaban J connectivity index is 1.82. The molecule has 0 saturated heterocycles. The van der Waals surface area contributed by atoms with Crippen molar-refractivity contribution in [1.82, 2.24) is 19.1 Å². The van der Waals surface area contributed by atoms with E-state index in [-0.39, 0.29) is 18.2 Å². The molecular formula is C22H26BrN4O5P. The number of H-pyrrole nitrogens is 1.